The van der Waals surface area contributed by atoms with Crippen molar-refractivity contribution in [1.82, 2.24) is 40.0 Å². The Morgan fingerprint density at radius 3 is 1.72 bits per heavy atom. The van der Waals surface area contributed by atoms with Crippen LogP contribution in [0.5, 0.6) is 0 Å². The normalized spacial score (nSPS) is 22.3. The number of nitrogens with one attached hydrogen (secondary N) is 3. The van der Waals surface area contributed by atoms with Crippen LogP contribution < -0.4 is 15.1 Å². The SMILES string of the molecule is COC(=O)N[C@H](C(=O)N1CCC[C@H]1c1nc2cc([C@H]3CC[C@H](c4ccc5[nH]c([C@@H]6CCCN6C(=O)[C@H](C(C)C)N(C)C(=O)O)nc5c4)N3c3cc(F)c(N4CCC(F)(F)CC4)c(F)c3)ccc2[nH]1)C(C)C. The molecule has 4 amide bonds. The predicted molar refractivity (Wildman–Crippen MR) is 258 cm³/mol. The van der Waals surface area contributed by atoms with Gasteiger partial charge in [-0.25, -0.2) is 37.1 Å². The van der Waals surface area contributed by atoms with Gasteiger partial charge in [-0.2, -0.15) is 0 Å². The number of ether oxygens (including phenoxy) is 1. The maximum absolute atomic E-state index is 16.4. The number of rotatable bonds is 12. The highest BCUT2D eigenvalue weighted by Crippen LogP contribution is 2.49. The minimum Gasteiger partial charge on any atom is -0.465 e. The molecule has 4 aliphatic heterocycles. The Labute approximate surface area is 409 Å². The van der Waals surface area contributed by atoms with Crippen molar-refractivity contribution in [3.63, 3.8) is 0 Å². The number of likely N-dealkylation sites (tertiary alicyclic amines) is 2. The number of imidazole rings is 2. The molecule has 71 heavy (non-hydrogen) atoms. The molecule has 0 saturated carbocycles. The smallest absolute Gasteiger partial charge is 0.407 e. The number of carbonyl (C=O) groups is 4. The number of amides is 4. The number of fused-ring (bicyclic) bond motifs is 2. The van der Waals surface area contributed by atoms with Crippen LogP contribution in [0.25, 0.3) is 22.1 Å². The topological polar surface area (TPSA) is 183 Å². The summed E-state index contributed by atoms with van der Waals surface area (Å²) in [5, 5.41) is 12.5. The Balaban J connectivity index is 1.04. The summed E-state index contributed by atoms with van der Waals surface area (Å²) in [5.41, 5.74) is 4.34. The molecule has 0 radical (unpaired) electrons. The molecule has 4 N–H and O–H groups in total. The molecule has 4 fully saturated rings. The molecule has 6 atom stereocenters. The second-order valence-electron chi connectivity index (χ2n) is 20.2. The maximum atomic E-state index is 16.4. The first-order valence-corrected chi connectivity index (χ1v) is 24.6. The highest BCUT2D eigenvalue weighted by atomic mass is 19.3. The molecule has 0 aliphatic carbocycles. The van der Waals surface area contributed by atoms with E-state index in [1.165, 1.54) is 31.2 Å². The van der Waals surface area contributed by atoms with Gasteiger partial charge in [0.25, 0.3) is 5.92 Å². The number of methoxy groups -OCH3 is 1. The summed E-state index contributed by atoms with van der Waals surface area (Å²) in [5.74, 6) is -4.40. The summed E-state index contributed by atoms with van der Waals surface area (Å²) in [6.45, 7) is 7.92. The Morgan fingerprint density at radius 1 is 0.746 bits per heavy atom. The zero-order valence-corrected chi connectivity index (χ0v) is 40.9. The van der Waals surface area contributed by atoms with Gasteiger partial charge in [-0.3, -0.25) is 14.5 Å². The molecule has 380 valence electrons. The molecule has 16 nitrogen and oxygen atoms in total. The number of H-pyrrole nitrogens is 2. The third-order valence-electron chi connectivity index (χ3n) is 15.0. The number of carboxylic acid groups (broad SMARTS) is 1. The van der Waals surface area contributed by atoms with Crippen LogP contribution in [0.3, 0.4) is 0 Å². The molecule has 3 aromatic carbocycles. The Morgan fingerprint density at radius 2 is 1.25 bits per heavy atom. The number of hydrogen-bond acceptors (Lipinski definition) is 9. The maximum Gasteiger partial charge on any atom is 0.407 e. The molecule has 20 heteroatoms. The molecule has 2 aromatic heterocycles. The van der Waals surface area contributed by atoms with Crippen LogP contribution in [0.2, 0.25) is 0 Å². The predicted octanol–water partition coefficient (Wildman–Crippen LogP) is 9.38. The number of benzene rings is 3. The van der Waals surface area contributed by atoms with Crippen LogP contribution in [0.15, 0.2) is 48.5 Å². The van der Waals surface area contributed by atoms with E-state index < -0.39 is 72.8 Å². The van der Waals surface area contributed by atoms with Crippen LogP contribution >= 0.6 is 0 Å². The number of aromatic amines is 2. The number of likely N-dealkylation sites (N-methyl/N-ethyl adjacent to an activating group) is 1. The van der Waals surface area contributed by atoms with E-state index in [4.69, 9.17) is 14.7 Å². The van der Waals surface area contributed by atoms with E-state index in [1.54, 1.807) is 9.80 Å². The summed E-state index contributed by atoms with van der Waals surface area (Å²) in [4.78, 5) is 76.7. The van der Waals surface area contributed by atoms with Crippen molar-refractivity contribution < 1.29 is 46.6 Å². The average molecular weight is 987 g/mol. The quantitative estimate of drug-likeness (QED) is 0.0879. The lowest BCUT2D eigenvalue weighted by molar-refractivity contribution is -0.138. The minimum absolute atomic E-state index is 0.188. The van der Waals surface area contributed by atoms with Crippen LogP contribution in [0.4, 0.5) is 38.5 Å². The summed E-state index contributed by atoms with van der Waals surface area (Å²) < 4.78 is 65.9. The van der Waals surface area contributed by atoms with Gasteiger partial charge < -0.3 is 44.7 Å². The fourth-order valence-corrected chi connectivity index (χ4v) is 11.4. The number of hydrogen-bond donors (Lipinski definition) is 4. The first-order valence-electron chi connectivity index (χ1n) is 24.6. The Bertz CT molecular complexity index is 2800. The zero-order valence-electron chi connectivity index (χ0n) is 40.9. The summed E-state index contributed by atoms with van der Waals surface area (Å²) in [6.07, 6.45) is 1.03. The summed E-state index contributed by atoms with van der Waals surface area (Å²) >= 11 is 0. The van der Waals surface area contributed by atoms with Gasteiger partial charge in [0.05, 0.1) is 53.3 Å². The number of aromatic nitrogens is 4. The number of alkyl halides is 2. The molecule has 0 unspecified atom stereocenters. The minimum atomic E-state index is -2.90. The van der Waals surface area contributed by atoms with Crippen molar-refractivity contribution in [3.8, 4) is 0 Å². The fourth-order valence-electron chi connectivity index (χ4n) is 11.4. The molecule has 6 heterocycles. The van der Waals surface area contributed by atoms with Crippen molar-refractivity contribution in [2.24, 2.45) is 11.8 Å². The largest absolute Gasteiger partial charge is 0.465 e. The standard InChI is InChI=1S/C51H62F4N10O6/c1-27(2)42(60-49(68)71-6)47(66)63-19-7-9-40(63)45-56-34-13-11-29(23-36(34)58-45)38-15-16-39(65(38)31-25-32(52)44(33(53)26-31)62-21-17-51(54,55)18-22-62)30-12-14-35-37(24-30)59-46(57-35)41-10-8-20-64(41)48(67)43(28(3)4)61(5)50(69)70/h11-14,23-28,38-43H,7-10,15-22H2,1-6H3,(H,56,58)(H,57,59)(H,60,68)(H,69,70)/t38-,39-,40+,41+,42+,43+/m1/s1. The van der Waals surface area contributed by atoms with Gasteiger partial charge in [0.15, 0.2) is 11.6 Å². The van der Waals surface area contributed by atoms with Crippen LogP contribution in [-0.2, 0) is 14.3 Å². The summed E-state index contributed by atoms with van der Waals surface area (Å²) in [6, 6.07) is 11.0. The molecule has 9 rings (SSSR count). The van der Waals surface area contributed by atoms with Gasteiger partial charge >= 0.3 is 12.2 Å². The molecule has 0 spiro atoms. The van der Waals surface area contributed by atoms with Gasteiger partial charge in [0.1, 0.15) is 29.4 Å². The zero-order chi connectivity index (χ0) is 50.6. The number of halogens is 4. The monoisotopic (exact) mass is 986 g/mol. The fraction of sp³-hybridized carbons (Fsp3) is 0.529. The number of alkyl carbamates (subject to hydrolysis) is 1. The summed E-state index contributed by atoms with van der Waals surface area (Å²) in [7, 11) is 2.66. The van der Waals surface area contributed by atoms with Crippen molar-refractivity contribution >= 4 is 57.4 Å². The molecular weight excluding hydrogens is 925 g/mol. The first kappa shape index (κ1) is 49.4. The molecule has 5 aromatic rings. The second kappa shape index (κ2) is 19.5. The Hall–Kier alpha value is -6.60. The van der Waals surface area contributed by atoms with Crippen LogP contribution in [0.1, 0.15) is 126 Å². The van der Waals surface area contributed by atoms with E-state index in [1.807, 2.05) is 69.0 Å². The Kier molecular flexibility index (Phi) is 13.6. The first-order chi connectivity index (χ1) is 33.8. The van der Waals surface area contributed by atoms with Crippen molar-refractivity contribution in [2.45, 2.75) is 121 Å². The number of carbonyl (C=O) groups excluding carboxylic acids is 3. The number of nitrogens with zero attached hydrogens (tertiary/aromatic N) is 7. The van der Waals surface area contributed by atoms with E-state index in [9.17, 15) is 33.1 Å². The molecule has 4 aliphatic rings. The molecule has 4 saturated heterocycles. The third-order valence-corrected chi connectivity index (χ3v) is 15.0. The van der Waals surface area contributed by atoms with E-state index >= 15 is 8.78 Å². The van der Waals surface area contributed by atoms with E-state index in [-0.39, 0.29) is 54.2 Å². The average Bonchev–Trinajstić information content (AvgIpc) is 4.19. The molecule has 0 bridgehead atoms. The number of anilines is 2. The second-order valence-corrected chi connectivity index (χ2v) is 20.2. The van der Waals surface area contributed by atoms with Crippen molar-refractivity contribution in [2.75, 3.05) is 50.1 Å². The highest BCUT2D eigenvalue weighted by Gasteiger charge is 2.42. The van der Waals surface area contributed by atoms with Crippen molar-refractivity contribution in [1.29, 1.82) is 0 Å². The lowest BCUT2D eigenvalue weighted by Crippen LogP contribution is -2.51. The van der Waals surface area contributed by atoms with E-state index in [2.05, 4.69) is 15.3 Å². The van der Waals surface area contributed by atoms with Gasteiger partial charge in [-0.05, 0) is 97.9 Å². The lowest BCUT2D eigenvalue weighted by atomic mass is 10.0. The van der Waals surface area contributed by atoms with Gasteiger partial charge in [-0.1, -0.05) is 39.8 Å². The van der Waals surface area contributed by atoms with E-state index in [0.717, 1.165) is 33.5 Å². The van der Waals surface area contributed by atoms with Gasteiger partial charge in [-0.15, -0.1) is 0 Å². The molecular formula is C51H62F4N10O6. The number of piperidine rings is 1. The highest BCUT2D eigenvalue weighted by molar-refractivity contribution is 5.87. The van der Waals surface area contributed by atoms with Gasteiger partial charge in [0, 0.05) is 51.8 Å². The van der Waals surface area contributed by atoms with Crippen molar-refractivity contribution in [3.05, 3.63) is 82.9 Å². The van der Waals surface area contributed by atoms with Crippen LogP contribution in [0, 0.1) is 23.5 Å². The third kappa shape index (κ3) is 9.53. The lowest BCUT2D eigenvalue weighted by Gasteiger charge is -2.36. The van der Waals surface area contributed by atoms with Crippen LogP contribution in [-0.4, -0.2) is 122 Å². The van der Waals surface area contributed by atoms with E-state index in [0.29, 0.717) is 67.9 Å². The van der Waals surface area contributed by atoms with Gasteiger partial charge in [0.2, 0.25) is 11.8 Å².